The van der Waals surface area contributed by atoms with Crippen molar-refractivity contribution >= 4 is 17.3 Å². The third kappa shape index (κ3) is 2.14. The quantitative estimate of drug-likeness (QED) is 0.782. The average Bonchev–Trinajstić information content (AvgIpc) is 3.15. The number of carbonyl (C=O) groups is 1. The van der Waals surface area contributed by atoms with Crippen LogP contribution in [0.15, 0.2) is 18.5 Å². The molecule has 7 heteroatoms. The van der Waals surface area contributed by atoms with Crippen LogP contribution in [-0.2, 0) is 0 Å². The summed E-state index contributed by atoms with van der Waals surface area (Å²) in [6, 6.07) is 1.37. The molecule has 1 aliphatic rings. The molecule has 6 nitrogen and oxygen atoms in total. The van der Waals surface area contributed by atoms with Crippen LogP contribution >= 0.6 is 0 Å². The number of aromatic amines is 1. The minimum absolute atomic E-state index is 0.0513. The lowest BCUT2D eigenvalue weighted by molar-refractivity contribution is 0.102. The van der Waals surface area contributed by atoms with Crippen LogP contribution in [0.3, 0.4) is 0 Å². The van der Waals surface area contributed by atoms with E-state index in [2.05, 4.69) is 20.5 Å². The minimum Gasteiger partial charge on any atom is -0.395 e. The van der Waals surface area contributed by atoms with E-state index in [9.17, 15) is 9.18 Å². The molecule has 0 bridgehead atoms. The molecule has 1 aliphatic carbocycles. The van der Waals surface area contributed by atoms with E-state index in [0.717, 1.165) is 24.7 Å². The Balaban J connectivity index is 1.82. The Bertz CT molecular complexity index is 635. The van der Waals surface area contributed by atoms with Gasteiger partial charge < -0.3 is 11.1 Å². The van der Waals surface area contributed by atoms with Crippen LogP contribution < -0.4 is 11.1 Å². The van der Waals surface area contributed by atoms with Gasteiger partial charge in [0.25, 0.3) is 5.91 Å². The number of carbonyl (C=O) groups excluding carboxylic acids is 1. The van der Waals surface area contributed by atoms with Crippen molar-refractivity contribution in [1.29, 1.82) is 0 Å². The smallest absolute Gasteiger partial charge is 0.278 e. The van der Waals surface area contributed by atoms with Gasteiger partial charge >= 0.3 is 0 Å². The molecule has 0 atom stereocenters. The second-order valence-electron chi connectivity index (χ2n) is 4.48. The number of H-pyrrole nitrogens is 1. The molecule has 2 heterocycles. The number of pyridine rings is 1. The molecule has 98 valence electrons. The number of nitrogens with one attached hydrogen (secondary N) is 2. The number of hydrogen-bond acceptors (Lipinski definition) is 4. The van der Waals surface area contributed by atoms with Crippen molar-refractivity contribution in [3.05, 3.63) is 35.7 Å². The SMILES string of the molecule is Nc1c(C(=O)Nc2ccncc2F)n[nH]c1C1CC1. The first-order valence-corrected chi connectivity index (χ1v) is 5.91. The minimum atomic E-state index is -0.604. The van der Waals surface area contributed by atoms with Crippen molar-refractivity contribution in [3.63, 3.8) is 0 Å². The van der Waals surface area contributed by atoms with Crippen LogP contribution in [-0.4, -0.2) is 21.1 Å². The Kier molecular flexibility index (Phi) is 2.66. The fourth-order valence-corrected chi connectivity index (χ4v) is 1.88. The van der Waals surface area contributed by atoms with Crippen LogP contribution in [0.4, 0.5) is 15.8 Å². The number of nitrogens with two attached hydrogens (primary N) is 1. The van der Waals surface area contributed by atoms with E-state index in [1.807, 2.05) is 0 Å². The molecule has 0 saturated heterocycles. The molecular formula is C12H12FN5O. The highest BCUT2D eigenvalue weighted by molar-refractivity contribution is 6.06. The van der Waals surface area contributed by atoms with E-state index < -0.39 is 11.7 Å². The van der Waals surface area contributed by atoms with Gasteiger partial charge in [0.05, 0.1) is 23.3 Å². The molecular weight excluding hydrogens is 249 g/mol. The fraction of sp³-hybridized carbons (Fsp3) is 0.250. The number of anilines is 2. The van der Waals surface area contributed by atoms with Crippen LogP contribution in [0.2, 0.25) is 0 Å². The summed E-state index contributed by atoms with van der Waals surface area (Å²) in [5, 5.41) is 9.10. The zero-order valence-corrected chi connectivity index (χ0v) is 9.98. The van der Waals surface area contributed by atoms with Gasteiger partial charge in [0, 0.05) is 12.1 Å². The molecule has 0 aliphatic heterocycles. The topological polar surface area (TPSA) is 96.7 Å². The van der Waals surface area contributed by atoms with Crippen molar-refractivity contribution < 1.29 is 9.18 Å². The van der Waals surface area contributed by atoms with Gasteiger partial charge in [-0.15, -0.1) is 0 Å². The lowest BCUT2D eigenvalue weighted by atomic mass is 10.2. The van der Waals surface area contributed by atoms with E-state index >= 15 is 0 Å². The van der Waals surface area contributed by atoms with Gasteiger partial charge in [-0.2, -0.15) is 5.10 Å². The number of nitrogens with zero attached hydrogens (tertiary/aromatic N) is 2. The molecule has 2 aromatic heterocycles. The summed E-state index contributed by atoms with van der Waals surface area (Å²) in [5.41, 5.74) is 7.16. The lowest BCUT2D eigenvalue weighted by Gasteiger charge is -2.04. The molecule has 1 fully saturated rings. The van der Waals surface area contributed by atoms with Gasteiger partial charge in [-0.25, -0.2) is 4.39 Å². The summed E-state index contributed by atoms with van der Waals surface area (Å²) in [6.45, 7) is 0. The summed E-state index contributed by atoms with van der Waals surface area (Å²) in [7, 11) is 0. The molecule has 1 saturated carbocycles. The Morgan fingerprint density at radius 3 is 3.00 bits per heavy atom. The van der Waals surface area contributed by atoms with Crippen LogP contribution in [0.25, 0.3) is 0 Å². The number of amides is 1. The highest BCUT2D eigenvalue weighted by atomic mass is 19.1. The second kappa shape index (κ2) is 4.34. The van der Waals surface area contributed by atoms with E-state index in [4.69, 9.17) is 5.73 Å². The van der Waals surface area contributed by atoms with Crippen molar-refractivity contribution in [2.45, 2.75) is 18.8 Å². The summed E-state index contributed by atoms with van der Waals surface area (Å²) in [5.74, 6) is -0.773. The Labute approximate surface area is 108 Å². The molecule has 0 unspecified atom stereocenters. The van der Waals surface area contributed by atoms with E-state index in [0.29, 0.717) is 11.6 Å². The van der Waals surface area contributed by atoms with Gasteiger partial charge in [0.2, 0.25) is 0 Å². The molecule has 4 N–H and O–H groups in total. The highest BCUT2D eigenvalue weighted by Crippen LogP contribution is 2.42. The normalized spacial score (nSPS) is 14.4. The predicted molar refractivity (Wildman–Crippen MR) is 67.1 cm³/mol. The van der Waals surface area contributed by atoms with Gasteiger partial charge in [-0.05, 0) is 18.9 Å². The molecule has 1 amide bonds. The monoisotopic (exact) mass is 261 g/mol. The van der Waals surface area contributed by atoms with Crippen LogP contribution in [0.1, 0.15) is 34.9 Å². The van der Waals surface area contributed by atoms with E-state index in [1.165, 1.54) is 12.3 Å². The second-order valence-corrected chi connectivity index (χ2v) is 4.48. The van der Waals surface area contributed by atoms with Crippen molar-refractivity contribution in [2.24, 2.45) is 0 Å². The summed E-state index contributed by atoms with van der Waals surface area (Å²) < 4.78 is 13.4. The van der Waals surface area contributed by atoms with Crippen molar-refractivity contribution in [3.8, 4) is 0 Å². The number of halogens is 1. The number of hydrogen-bond donors (Lipinski definition) is 3. The Morgan fingerprint density at radius 1 is 1.53 bits per heavy atom. The third-order valence-electron chi connectivity index (χ3n) is 3.05. The maximum absolute atomic E-state index is 13.4. The lowest BCUT2D eigenvalue weighted by Crippen LogP contribution is -2.15. The molecule has 19 heavy (non-hydrogen) atoms. The molecule has 0 aromatic carbocycles. The number of nitrogen functional groups attached to an aromatic ring is 1. The highest BCUT2D eigenvalue weighted by Gasteiger charge is 2.30. The van der Waals surface area contributed by atoms with Gasteiger partial charge in [0.15, 0.2) is 11.5 Å². The van der Waals surface area contributed by atoms with E-state index in [-0.39, 0.29) is 11.4 Å². The number of rotatable bonds is 3. The maximum atomic E-state index is 13.4. The Morgan fingerprint density at radius 2 is 2.32 bits per heavy atom. The first kappa shape index (κ1) is 11.6. The predicted octanol–water partition coefficient (Wildman–Crippen LogP) is 1.66. The first-order chi connectivity index (χ1) is 9.16. The van der Waals surface area contributed by atoms with Gasteiger partial charge in [0.1, 0.15) is 0 Å². The molecule has 2 aromatic rings. The standard InChI is InChI=1S/C12H12FN5O/c13-7-5-15-4-3-8(7)16-12(19)11-9(14)10(17-18-11)6-1-2-6/h3-6H,1-2,14H2,(H,17,18)(H,15,16,19). The third-order valence-corrected chi connectivity index (χ3v) is 3.05. The Hall–Kier alpha value is -2.44. The van der Waals surface area contributed by atoms with Crippen molar-refractivity contribution in [2.75, 3.05) is 11.1 Å². The zero-order valence-electron chi connectivity index (χ0n) is 9.98. The summed E-state index contributed by atoms with van der Waals surface area (Å²) in [4.78, 5) is 15.6. The van der Waals surface area contributed by atoms with Crippen LogP contribution in [0, 0.1) is 5.82 Å². The van der Waals surface area contributed by atoms with Gasteiger partial charge in [-0.1, -0.05) is 0 Å². The largest absolute Gasteiger partial charge is 0.395 e. The van der Waals surface area contributed by atoms with Crippen LogP contribution in [0.5, 0.6) is 0 Å². The molecule has 0 spiro atoms. The van der Waals surface area contributed by atoms with Gasteiger partial charge in [-0.3, -0.25) is 14.9 Å². The average molecular weight is 261 g/mol. The summed E-state index contributed by atoms with van der Waals surface area (Å²) in [6.07, 6.45) is 4.51. The fourth-order valence-electron chi connectivity index (χ4n) is 1.88. The molecule has 3 rings (SSSR count). The first-order valence-electron chi connectivity index (χ1n) is 5.91. The van der Waals surface area contributed by atoms with E-state index in [1.54, 1.807) is 0 Å². The maximum Gasteiger partial charge on any atom is 0.278 e. The number of aromatic nitrogens is 3. The van der Waals surface area contributed by atoms with Crippen molar-refractivity contribution in [1.82, 2.24) is 15.2 Å². The zero-order chi connectivity index (χ0) is 13.4. The molecule has 0 radical (unpaired) electrons. The summed E-state index contributed by atoms with van der Waals surface area (Å²) >= 11 is 0.